The van der Waals surface area contributed by atoms with Crippen LogP contribution in [0.25, 0.3) is 21.9 Å². The highest BCUT2D eigenvalue weighted by molar-refractivity contribution is 5.98. The maximum absolute atomic E-state index is 12.7. The highest BCUT2D eigenvalue weighted by Gasteiger charge is 2.17. The van der Waals surface area contributed by atoms with Crippen molar-refractivity contribution in [3.8, 4) is 0 Å². The quantitative estimate of drug-likeness (QED) is 0.408. The number of aromatic nitrogens is 3. The molecule has 8 nitrogen and oxygen atoms in total. The lowest BCUT2D eigenvalue weighted by molar-refractivity contribution is -0.115. The van der Waals surface area contributed by atoms with Gasteiger partial charge in [-0.25, -0.2) is 14.5 Å². The first-order valence-corrected chi connectivity index (χ1v) is 10.6. The van der Waals surface area contributed by atoms with E-state index in [1.54, 1.807) is 17.1 Å². The molecular weight excluding hydrogens is 420 g/mol. The molecule has 0 aliphatic rings. The number of nitrogens with one attached hydrogen (secondary N) is 1. The second kappa shape index (κ2) is 8.05. The molecule has 5 aromatic rings. The summed E-state index contributed by atoms with van der Waals surface area (Å²) in [6.07, 6.45) is 3.05. The normalized spacial score (nSPS) is 11.4. The van der Waals surface area contributed by atoms with E-state index in [1.807, 2.05) is 51.1 Å². The summed E-state index contributed by atoms with van der Waals surface area (Å²) in [5, 5.41) is 8.70. The molecule has 0 saturated heterocycles. The van der Waals surface area contributed by atoms with Gasteiger partial charge < -0.3 is 14.2 Å². The molecule has 33 heavy (non-hydrogen) atoms. The average molecular weight is 442 g/mol. The molecular formula is C25H22N4O4. The lowest BCUT2D eigenvalue weighted by Crippen LogP contribution is -2.20. The number of furan rings is 1. The number of rotatable bonds is 5. The zero-order chi connectivity index (χ0) is 23.1. The van der Waals surface area contributed by atoms with Crippen molar-refractivity contribution in [3.63, 3.8) is 0 Å². The zero-order valence-corrected chi connectivity index (χ0v) is 18.5. The molecule has 0 unspecified atom stereocenters. The number of hydrogen-bond acceptors (Lipinski definition) is 6. The van der Waals surface area contributed by atoms with Gasteiger partial charge in [0.2, 0.25) is 5.91 Å². The van der Waals surface area contributed by atoms with Crippen molar-refractivity contribution in [3.05, 3.63) is 87.5 Å². The Labute approximate surface area is 188 Å². The van der Waals surface area contributed by atoms with Crippen LogP contribution < -0.4 is 10.9 Å². The van der Waals surface area contributed by atoms with Crippen LogP contribution in [0.3, 0.4) is 0 Å². The Morgan fingerprint density at radius 2 is 1.73 bits per heavy atom. The fraction of sp³-hybridized carbons (Fsp3) is 0.200. The van der Waals surface area contributed by atoms with Gasteiger partial charge in [-0.2, -0.15) is 5.10 Å². The number of carbonyl (C=O) groups is 1. The smallest absolute Gasteiger partial charge is 0.340 e. The third kappa shape index (κ3) is 3.91. The van der Waals surface area contributed by atoms with Gasteiger partial charge in [0, 0.05) is 22.5 Å². The van der Waals surface area contributed by atoms with Gasteiger partial charge in [-0.1, -0.05) is 12.1 Å². The van der Waals surface area contributed by atoms with Crippen molar-refractivity contribution in [2.24, 2.45) is 0 Å². The molecule has 2 aromatic carbocycles. The lowest BCUT2D eigenvalue weighted by atomic mass is 10.0. The third-order valence-electron chi connectivity index (χ3n) is 5.97. The molecule has 3 heterocycles. The Hall–Kier alpha value is -4.20. The molecule has 5 rings (SSSR count). The zero-order valence-electron chi connectivity index (χ0n) is 18.5. The maximum atomic E-state index is 12.7. The van der Waals surface area contributed by atoms with Crippen LogP contribution in [0, 0.1) is 20.8 Å². The van der Waals surface area contributed by atoms with E-state index in [0.29, 0.717) is 29.0 Å². The molecule has 1 N–H and O–H groups in total. The van der Waals surface area contributed by atoms with E-state index in [0.717, 1.165) is 33.2 Å². The van der Waals surface area contributed by atoms with E-state index < -0.39 is 5.63 Å². The molecule has 0 saturated carbocycles. The van der Waals surface area contributed by atoms with Crippen LogP contribution in [-0.4, -0.2) is 20.7 Å². The van der Waals surface area contributed by atoms with Gasteiger partial charge >= 0.3 is 5.63 Å². The largest absolute Gasteiger partial charge is 0.461 e. The maximum Gasteiger partial charge on any atom is 0.340 e. The number of amides is 1. The van der Waals surface area contributed by atoms with Gasteiger partial charge in [0.1, 0.15) is 29.6 Å². The minimum atomic E-state index is -0.516. The summed E-state index contributed by atoms with van der Waals surface area (Å²) in [5.74, 6) is 0.539. The summed E-state index contributed by atoms with van der Waals surface area (Å²) in [6, 6.07) is 11.2. The summed E-state index contributed by atoms with van der Waals surface area (Å²) in [5.41, 5.74) is 4.42. The number of nitrogens with zero attached hydrogens (tertiary/aromatic N) is 3. The predicted molar refractivity (Wildman–Crippen MR) is 124 cm³/mol. The van der Waals surface area contributed by atoms with Crippen LogP contribution in [-0.2, 0) is 17.8 Å². The van der Waals surface area contributed by atoms with Crippen LogP contribution in [0.4, 0.5) is 5.69 Å². The van der Waals surface area contributed by atoms with Crippen LogP contribution >= 0.6 is 0 Å². The summed E-state index contributed by atoms with van der Waals surface area (Å²) in [4.78, 5) is 29.3. The van der Waals surface area contributed by atoms with Crippen molar-refractivity contribution in [1.82, 2.24) is 14.8 Å². The van der Waals surface area contributed by atoms with Crippen molar-refractivity contribution in [2.45, 2.75) is 33.7 Å². The Morgan fingerprint density at radius 1 is 1.00 bits per heavy atom. The molecule has 0 spiro atoms. The first-order valence-electron chi connectivity index (χ1n) is 10.6. The van der Waals surface area contributed by atoms with Gasteiger partial charge in [0.05, 0.1) is 18.5 Å². The Kier molecular flexibility index (Phi) is 5.05. The SMILES string of the molecule is Cc1oc2cc3oc(=O)c(CC(=O)Nc4ccc(Cn5cncn5)cc4)c(C)c3cc2c1C. The fourth-order valence-corrected chi connectivity index (χ4v) is 3.99. The standard InChI is InChI=1S/C25H22N4O4/c1-14-16(3)32-22-10-23-20(8-19(14)22)15(2)21(25(31)33-23)9-24(30)28-18-6-4-17(5-7-18)11-29-13-26-12-27-29/h4-8,10,12-13H,9,11H2,1-3H3,(H,28,30). The second-order valence-electron chi connectivity index (χ2n) is 8.14. The predicted octanol–water partition coefficient (Wildman–Crippen LogP) is 4.29. The second-order valence-corrected chi connectivity index (χ2v) is 8.14. The summed E-state index contributed by atoms with van der Waals surface area (Å²) >= 11 is 0. The molecule has 0 aliphatic carbocycles. The Morgan fingerprint density at radius 3 is 2.45 bits per heavy atom. The summed E-state index contributed by atoms with van der Waals surface area (Å²) in [6.45, 7) is 6.33. The molecule has 0 fully saturated rings. The van der Waals surface area contributed by atoms with Gasteiger partial charge in [-0.3, -0.25) is 4.79 Å². The van der Waals surface area contributed by atoms with Gasteiger partial charge in [0.15, 0.2) is 0 Å². The minimum Gasteiger partial charge on any atom is -0.461 e. The van der Waals surface area contributed by atoms with E-state index in [-0.39, 0.29) is 12.3 Å². The van der Waals surface area contributed by atoms with Crippen LogP contribution in [0.1, 0.15) is 28.0 Å². The molecule has 3 aromatic heterocycles. The van der Waals surface area contributed by atoms with Crippen LogP contribution in [0.15, 0.2) is 62.7 Å². The number of carbonyl (C=O) groups excluding carboxylic acids is 1. The van der Waals surface area contributed by atoms with Gasteiger partial charge in [-0.15, -0.1) is 0 Å². The first kappa shape index (κ1) is 20.7. The lowest BCUT2D eigenvalue weighted by Gasteiger charge is -2.09. The minimum absolute atomic E-state index is 0.0771. The number of fused-ring (bicyclic) bond motifs is 2. The molecule has 8 heteroatoms. The topological polar surface area (TPSA) is 103 Å². The van der Waals surface area contributed by atoms with E-state index in [4.69, 9.17) is 8.83 Å². The Bertz CT molecular complexity index is 1540. The number of anilines is 1. The Balaban J connectivity index is 1.37. The van der Waals surface area contributed by atoms with Crippen molar-refractivity contribution in [2.75, 3.05) is 5.32 Å². The van der Waals surface area contributed by atoms with Crippen LogP contribution in [0.5, 0.6) is 0 Å². The van der Waals surface area contributed by atoms with Crippen molar-refractivity contribution < 1.29 is 13.6 Å². The molecule has 0 aliphatic heterocycles. The highest BCUT2D eigenvalue weighted by Crippen LogP contribution is 2.31. The van der Waals surface area contributed by atoms with Crippen molar-refractivity contribution >= 4 is 33.5 Å². The van der Waals surface area contributed by atoms with Crippen molar-refractivity contribution in [1.29, 1.82) is 0 Å². The highest BCUT2D eigenvalue weighted by atomic mass is 16.4. The first-order chi connectivity index (χ1) is 15.9. The molecule has 166 valence electrons. The summed E-state index contributed by atoms with van der Waals surface area (Å²) < 4.78 is 13.0. The van der Waals surface area contributed by atoms with E-state index >= 15 is 0 Å². The fourth-order valence-electron chi connectivity index (χ4n) is 3.99. The van der Waals surface area contributed by atoms with E-state index in [2.05, 4.69) is 15.4 Å². The molecule has 1 amide bonds. The number of benzene rings is 2. The summed E-state index contributed by atoms with van der Waals surface area (Å²) in [7, 11) is 0. The molecule has 0 radical (unpaired) electrons. The van der Waals surface area contributed by atoms with E-state index in [1.165, 1.54) is 6.33 Å². The van der Waals surface area contributed by atoms with E-state index in [9.17, 15) is 9.59 Å². The molecule has 0 atom stereocenters. The number of hydrogen-bond donors (Lipinski definition) is 1. The third-order valence-corrected chi connectivity index (χ3v) is 5.97. The van der Waals surface area contributed by atoms with Crippen LogP contribution in [0.2, 0.25) is 0 Å². The monoisotopic (exact) mass is 442 g/mol. The average Bonchev–Trinajstić information content (AvgIpc) is 3.39. The molecule has 0 bridgehead atoms. The van der Waals surface area contributed by atoms with Gasteiger partial charge in [-0.05, 0) is 55.7 Å². The van der Waals surface area contributed by atoms with Gasteiger partial charge in [0.25, 0.3) is 0 Å². The number of aryl methyl sites for hydroxylation is 3.